The van der Waals surface area contributed by atoms with Crippen molar-refractivity contribution < 1.29 is 67.0 Å². The molecular weight excluding hydrogens is 841 g/mol. The lowest BCUT2D eigenvalue weighted by Gasteiger charge is -2.50. The fourth-order valence-electron chi connectivity index (χ4n) is 7.89. The molecule has 0 aromatic heterocycles. The summed E-state index contributed by atoms with van der Waals surface area (Å²) in [6.45, 7) is 32.4. The molecule has 360 valence electrons. The van der Waals surface area contributed by atoms with Gasteiger partial charge in [0.05, 0.1) is 0 Å². The minimum atomic E-state index is -3.66. The van der Waals surface area contributed by atoms with Crippen molar-refractivity contribution in [3.05, 3.63) is 60.2 Å². The van der Waals surface area contributed by atoms with Crippen LogP contribution in [0.3, 0.4) is 0 Å². The average Bonchev–Trinajstić information content (AvgIpc) is 3.37. The molecule has 0 radical (unpaired) electrons. The first kappa shape index (κ1) is 54.4. The molecule has 0 unspecified atom stereocenters. The number of carboxylic acid groups (broad SMARTS) is 1. The van der Waals surface area contributed by atoms with E-state index in [2.05, 4.69) is 20.4 Å². The van der Waals surface area contributed by atoms with Crippen molar-refractivity contribution in [2.45, 2.75) is 200 Å². The quantitative estimate of drug-likeness (QED) is 0.0442. The minimum absolute atomic E-state index is 0.0803. The van der Waals surface area contributed by atoms with Crippen LogP contribution in [0.2, 0.25) is 18.1 Å². The van der Waals surface area contributed by atoms with E-state index in [1.165, 1.54) is 54.5 Å². The fourth-order valence-corrected chi connectivity index (χ4v) is 9.18. The Kier molecular flexibility index (Phi) is 17.3. The highest BCUT2D eigenvalue weighted by Crippen LogP contribution is 2.59. The van der Waals surface area contributed by atoms with E-state index in [1.54, 1.807) is 6.08 Å². The third kappa shape index (κ3) is 12.5. The number of hydrogen-bond donors (Lipinski definition) is 2. The Morgan fingerprint density at radius 1 is 0.922 bits per heavy atom. The third-order valence-corrected chi connectivity index (χ3v) is 16.7. The molecule has 3 rings (SSSR count). The van der Waals surface area contributed by atoms with Crippen LogP contribution in [0.25, 0.3) is 0 Å². The molecule has 2 N–H and O–H groups in total. The summed E-state index contributed by atoms with van der Waals surface area (Å²) in [7, 11) is -3.12. The third-order valence-electron chi connectivity index (χ3n) is 12.3. The molecule has 0 saturated carbocycles. The van der Waals surface area contributed by atoms with Gasteiger partial charge in [0, 0.05) is 25.3 Å². The predicted molar refractivity (Wildman–Crippen MR) is 243 cm³/mol. The SMILES string of the molecule is C=C(CC[C@]12O[C@H](C(=O)OC(C)(C)C)[C@@](O)(C(=O)O)[C@](C(=O)OC(C)(C)C)(O1)[C@H](OC(=O)/C=C/[C@@H](C)C[C@@H](C)CC)[C@H]2O[Si](C)(C)C(C)(C)C)[C@@H](OC(C)=O)[C@H](C)Cc1ccccc1. The molecule has 2 saturated heterocycles. The Morgan fingerprint density at radius 3 is 2.00 bits per heavy atom. The zero-order chi connectivity index (χ0) is 49.0. The van der Waals surface area contributed by atoms with E-state index in [4.69, 9.17) is 32.8 Å². The summed E-state index contributed by atoms with van der Waals surface area (Å²) in [6.07, 6.45) is -2.56. The molecule has 2 bridgehead atoms. The minimum Gasteiger partial charge on any atom is -0.479 e. The molecule has 0 aliphatic carbocycles. The van der Waals surface area contributed by atoms with Gasteiger partial charge in [0.15, 0.2) is 20.2 Å². The number of allylic oxidation sites excluding steroid dienone is 1. The van der Waals surface area contributed by atoms with E-state index < -0.39 is 95.8 Å². The number of hydrogen-bond acceptors (Lipinski definition) is 13. The zero-order valence-corrected chi connectivity index (χ0v) is 42.1. The van der Waals surface area contributed by atoms with Crippen molar-refractivity contribution in [1.82, 2.24) is 0 Å². The van der Waals surface area contributed by atoms with Gasteiger partial charge in [0.25, 0.3) is 5.60 Å². The first-order chi connectivity index (χ1) is 29.2. The maximum Gasteiger partial charge on any atom is 0.347 e. The summed E-state index contributed by atoms with van der Waals surface area (Å²) >= 11 is 0. The van der Waals surface area contributed by atoms with Crippen LogP contribution in [0, 0.1) is 17.8 Å². The molecule has 64 heavy (non-hydrogen) atoms. The number of rotatable bonds is 19. The standard InChI is InChI=1S/C49H76O14Si/c1-18-30(2)28-31(3)24-25-36(51)58-39-38(62-64(16,17)46(13,14)15)47(27-26-32(4)37(57-34(6)50)33(5)29-35-22-20-19-21-23-35)59-40(41(52)60-44(7,8)9)48(56,42(53)54)49(39,63-47)43(55)61-45(10,11)12/h19-25,30-31,33,37-40,56H,4,18,26-29H2,1-3,5-17H3,(H,53,54)/b25-24+/t30-,31+,33+,37+,38+,39+,40+,47-,48+,49-/m0/s1. The van der Waals surface area contributed by atoms with Crippen molar-refractivity contribution in [1.29, 1.82) is 0 Å². The molecule has 2 aliphatic heterocycles. The Balaban J connectivity index is 2.44. The molecule has 14 nitrogen and oxygen atoms in total. The van der Waals surface area contributed by atoms with Gasteiger partial charge in [-0.15, -0.1) is 0 Å². The number of benzene rings is 1. The van der Waals surface area contributed by atoms with Gasteiger partial charge in [-0.2, -0.15) is 0 Å². The molecule has 10 atom stereocenters. The summed E-state index contributed by atoms with van der Waals surface area (Å²) < 4.78 is 44.1. The smallest absolute Gasteiger partial charge is 0.347 e. The second-order valence-corrected chi connectivity index (χ2v) is 26.1. The van der Waals surface area contributed by atoms with Crippen molar-refractivity contribution in [3.63, 3.8) is 0 Å². The first-order valence-electron chi connectivity index (χ1n) is 22.4. The highest BCUT2D eigenvalue weighted by molar-refractivity contribution is 6.74. The van der Waals surface area contributed by atoms with E-state index in [9.17, 15) is 29.4 Å². The topological polar surface area (TPSA) is 190 Å². The van der Waals surface area contributed by atoms with Gasteiger partial charge in [-0.1, -0.05) is 97.9 Å². The normalized spacial score (nSPS) is 26.9. The van der Waals surface area contributed by atoms with Gasteiger partial charge < -0.3 is 43.1 Å². The van der Waals surface area contributed by atoms with Gasteiger partial charge >= 0.3 is 29.8 Å². The van der Waals surface area contributed by atoms with Crippen LogP contribution in [0.5, 0.6) is 0 Å². The number of carbonyl (C=O) groups is 5. The van der Waals surface area contributed by atoms with E-state index in [1.807, 2.05) is 78.0 Å². The number of ether oxygens (including phenoxy) is 6. The maximum absolute atomic E-state index is 15.2. The van der Waals surface area contributed by atoms with Gasteiger partial charge in [-0.05, 0) is 102 Å². The van der Waals surface area contributed by atoms with Crippen LogP contribution in [0.1, 0.15) is 128 Å². The van der Waals surface area contributed by atoms with Gasteiger partial charge in [-0.25, -0.2) is 19.2 Å². The highest BCUT2D eigenvalue weighted by Gasteiger charge is 2.87. The number of carboxylic acids is 1. The molecular formula is C49H76O14Si. The van der Waals surface area contributed by atoms with Crippen LogP contribution in [-0.4, -0.2) is 101 Å². The van der Waals surface area contributed by atoms with E-state index >= 15 is 4.79 Å². The molecule has 2 aliphatic rings. The molecule has 2 fully saturated rings. The molecule has 15 heteroatoms. The van der Waals surface area contributed by atoms with Crippen LogP contribution < -0.4 is 0 Å². The van der Waals surface area contributed by atoms with Crippen molar-refractivity contribution >= 4 is 38.2 Å². The zero-order valence-electron chi connectivity index (χ0n) is 41.1. The van der Waals surface area contributed by atoms with E-state index in [0.717, 1.165) is 18.4 Å². The average molecular weight is 917 g/mol. The Bertz CT molecular complexity index is 1870. The summed E-state index contributed by atoms with van der Waals surface area (Å²) in [5, 5.41) is 23.5. The van der Waals surface area contributed by atoms with Crippen molar-refractivity contribution in [2.75, 3.05) is 0 Å². The number of carbonyl (C=O) groups excluding carboxylic acids is 4. The molecule has 0 amide bonds. The fraction of sp³-hybridized carbons (Fsp3) is 0.694. The van der Waals surface area contributed by atoms with E-state index in [0.29, 0.717) is 17.9 Å². The molecule has 1 aromatic carbocycles. The van der Waals surface area contributed by atoms with Crippen LogP contribution in [-0.2, 0) is 63.2 Å². The van der Waals surface area contributed by atoms with Crippen LogP contribution in [0.4, 0.5) is 0 Å². The second-order valence-electron chi connectivity index (χ2n) is 21.4. The number of fused-ring (bicyclic) bond motifs is 2. The summed E-state index contributed by atoms with van der Waals surface area (Å²) in [4.78, 5) is 70.2. The number of aliphatic carboxylic acids is 1. The van der Waals surface area contributed by atoms with Crippen LogP contribution >= 0.6 is 0 Å². The number of aliphatic hydroxyl groups is 1. The second kappa shape index (κ2) is 20.3. The van der Waals surface area contributed by atoms with Gasteiger partial charge in [0.1, 0.15) is 23.4 Å². The monoisotopic (exact) mass is 917 g/mol. The van der Waals surface area contributed by atoms with Crippen LogP contribution in [0.15, 0.2) is 54.6 Å². The summed E-state index contributed by atoms with van der Waals surface area (Å²) in [5.74, 6) is -8.87. The molecule has 2 heterocycles. The van der Waals surface area contributed by atoms with Gasteiger partial charge in [0.2, 0.25) is 11.7 Å². The van der Waals surface area contributed by atoms with Crippen molar-refractivity contribution in [3.8, 4) is 0 Å². The number of esters is 4. The lowest BCUT2D eigenvalue weighted by molar-refractivity contribution is -0.376. The first-order valence-corrected chi connectivity index (χ1v) is 25.3. The predicted octanol–water partition coefficient (Wildman–Crippen LogP) is 8.43. The maximum atomic E-state index is 15.2. The lowest BCUT2D eigenvalue weighted by Crippen LogP contribution is -2.78. The highest BCUT2D eigenvalue weighted by atomic mass is 28.4. The van der Waals surface area contributed by atoms with Crippen molar-refractivity contribution in [2.24, 2.45) is 17.8 Å². The Morgan fingerprint density at radius 2 is 1.50 bits per heavy atom. The summed E-state index contributed by atoms with van der Waals surface area (Å²) in [5.41, 5.74) is -8.09. The molecule has 1 aromatic rings. The van der Waals surface area contributed by atoms with E-state index in [-0.39, 0.29) is 24.7 Å². The van der Waals surface area contributed by atoms with Gasteiger partial charge in [-0.3, -0.25) is 4.79 Å². The Labute approximate surface area is 381 Å². The molecule has 0 spiro atoms. The lowest BCUT2D eigenvalue weighted by atomic mass is 9.74. The Hall–Kier alpha value is -3.89. The summed E-state index contributed by atoms with van der Waals surface area (Å²) in [6, 6.07) is 9.61. The largest absolute Gasteiger partial charge is 0.479 e.